The van der Waals surface area contributed by atoms with Gasteiger partial charge in [0.15, 0.2) is 0 Å². The molecule has 7 heteroatoms. The number of nitrogens with one attached hydrogen (secondary N) is 1. The van der Waals surface area contributed by atoms with E-state index in [0.29, 0.717) is 23.9 Å². The predicted molar refractivity (Wildman–Crippen MR) is 112 cm³/mol. The van der Waals surface area contributed by atoms with Crippen LogP contribution in [0.3, 0.4) is 0 Å². The highest BCUT2D eigenvalue weighted by molar-refractivity contribution is 6.30. The first-order chi connectivity index (χ1) is 13.7. The Morgan fingerprint density at radius 2 is 1.75 bits per heavy atom. The summed E-state index contributed by atoms with van der Waals surface area (Å²) in [4.78, 5) is 13.5. The van der Waals surface area contributed by atoms with Crippen LogP contribution >= 0.6 is 11.6 Å². The zero-order valence-corrected chi connectivity index (χ0v) is 16.1. The fraction of sp³-hybridized carbons (Fsp3) is 0.238. The summed E-state index contributed by atoms with van der Waals surface area (Å²) in [6, 6.07) is 16.4. The fourth-order valence-corrected chi connectivity index (χ4v) is 3.45. The number of anilines is 3. The Balaban J connectivity index is 1.38. The minimum atomic E-state index is -0.221. The lowest BCUT2D eigenvalue weighted by molar-refractivity contribution is 0.612. The highest BCUT2D eigenvalue weighted by Crippen LogP contribution is 2.22. The topological polar surface area (TPSA) is 44.3 Å². The number of nitrogens with zero attached hydrogens (tertiary/aromatic N) is 4. The van der Waals surface area contributed by atoms with Gasteiger partial charge in [-0.3, -0.25) is 0 Å². The second kappa shape index (κ2) is 8.44. The molecule has 144 valence electrons. The largest absolute Gasteiger partial charge is 0.368 e. The minimum absolute atomic E-state index is 0.221. The first-order valence-electron chi connectivity index (χ1n) is 9.25. The summed E-state index contributed by atoms with van der Waals surface area (Å²) in [5.74, 6) is 1.15. The van der Waals surface area contributed by atoms with Gasteiger partial charge in [-0.2, -0.15) is 4.98 Å². The van der Waals surface area contributed by atoms with Gasteiger partial charge in [-0.05, 0) is 30.3 Å². The zero-order chi connectivity index (χ0) is 19.3. The van der Waals surface area contributed by atoms with Crippen LogP contribution in [0.25, 0.3) is 0 Å². The van der Waals surface area contributed by atoms with E-state index in [1.165, 1.54) is 6.07 Å². The molecule has 5 nitrogen and oxygen atoms in total. The van der Waals surface area contributed by atoms with Crippen molar-refractivity contribution in [3.63, 3.8) is 0 Å². The van der Waals surface area contributed by atoms with Crippen molar-refractivity contribution in [2.45, 2.75) is 6.54 Å². The van der Waals surface area contributed by atoms with Crippen molar-refractivity contribution >= 4 is 29.1 Å². The average molecular weight is 398 g/mol. The molecular formula is C21H21ClFN5. The molecule has 2 heterocycles. The quantitative estimate of drug-likeness (QED) is 0.698. The monoisotopic (exact) mass is 397 g/mol. The van der Waals surface area contributed by atoms with E-state index in [0.717, 1.165) is 36.9 Å². The number of hydrogen-bond acceptors (Lipinski definition) is 5. The number of rotatable bonds is 5. The lowest BCUT2D eigenvalue weighted by atomic mass is 10.2. The van der Waals surface area contributed by atoms with Gasteiger partial charge in [0.05, 0.1) is 0 Å². The number of aromatic nitrogens is 2. The molecule has 0 unspecified atom stereocenters. The van der Waals surface area contributed by atoms with Crippen LogP contribution in [0.15, 0.2) is 60.8 Å². The molecule has 0 amide bonds. The third-order valence-electron chi connectivity index (χ3n) is 4.80. The van der Waals surface area contributed by atoms with Crippen molar-refractivity contribution in [3.05, 3.63) is 77.2 Å². The maximum Gasteiger partial charge on any atom is 0.227 e. The summed E-state index contributed by atoms with van der Waals surface area (Å²) in [6.07, 6.45) is 1.73. The van der Waals surface area contributed by atoms with Gasteiger partial charge >= 0.3 is 0 Å². The van der Waals surface area contributed by atoms with E-state index in [-0.39, 0.29) is 5.82 Å². The number of hydrogen-bond donors (Lipinski definition) is 1. The van der Waals surface area contributed by atoms with E-state index >= 15 is 0 Å². The van der Waals surface area contributed by atoms with E-state index in [4.69, 9.17) is 11.6 Å². The normalized spacial score (nSPS) is 14.2. The van der Waals surface area contributed by atoms with Gasteiger partial charge in [0.25, 0.3) is 0 Å². The molecule has 1 aliphatic rings. The van der Waals surface area contributed by atoms with Crippen molar-refractivity contribution < 1.29 is 4.39 Å². The van der Waals surface area contributed by atoms with Crippen LogP contribution < -0.4 is 15.1 Å². The molecule has 4 rings (SSSR count). The lowest BCUT2D eigenvalue weighted by Crippen LogP contribution is -2.47. The minimum Gasteiger partial charge on any atom is -0.368 e. The Morgan fingerprint density at radius 3 is 2.54 bits per heavy atom. The maximum absolute atomic E-state index is 13.8. The van der Waals surface area contributed by atoms with E-state index in [2.05, 4.69) is 31.2 Å². The smallest absolute Gasteiger partial charge is 0.227 e. The maximum atomic E-state index is 13.8. The molecule has 3 aromatic rings. The molecule has 0 atom stereocenters. The molecule has 28 heavy (non-hydrogen) atoms. The van der Waals surface area contributed by atoms with Crippen molar-refractivity contribution in [2.75, 3.05) is 41.3 Å². The van der Waals surface area contributed by atoms with Crippen LogP contribution in [0.2, 0.25) is 5.02 Å². The van der Waals surface area contributed by atoms with E-state index in [1.54, 1.807) is 24.4 Å². The van der Waals surface area contributed by atoms with Crippen molar-refractivity contribution in [2.24, 2.45) is 0 Å². The van der Waals surface area contributed by atoms with E-state index < -0.39 is 0 Å². The summed E-state index contributed by atoms with van der Waals surface area (Å²) >= 11 is 6.10. The molecule has 1 fully saturated rings. The number of halogens is 2. The van der Waals surface area contributed by atoms with Gasteiger partial charge in [0.2, 0.25) is 5.95 Å². The second-order valence-corrected chi connectivity index (χ2v) is 7.08. The van der Waals surface area contributed by atoms with Gasteiger partial charge in [0.1, 0.15) is 11.6 Å². The van der Waals surface area contributed by atoms with Crippen LogP contribution in [0.1, 0.15) is 5.56 Å². The highest BCUT2D eigenvalue weighted by Gasteiger charge is 2.19. The fourth-order valence-electron chi connectivity index (χ4n) is 3.26. The van der Waals surface area contributed by atoms with Gasteiger partial charge < -0.3 is 15.1 Å². The van der Waals surface area contributed by atoms with Crippen LogP contribution in [0.4, 0.5) is 21.8 Å². The molecular weight excluding hydrogens is 377 g/mol. The van der Waals surface area contributed by atoms with E-state index in [9.17, 15) is 4.39 Å². The molecule has 1 N–H and O–H groups in total. The van der Waals surface area contributed by atoms with E-state index in [1.807, 2.05) is 24.3 Å². The molecule has 0 spiro atoms. The Morgan fingerprint density at radius 1 is 0.964 bits per heavy atom. The summed E-state index contributed by atoms with van der Waals surface area (Å²) in [5, 5.41) is 3.93. The molecule has 0 saturated carbocycles. The molecule has 0 aliphatic carbocycles. The van der Waals surface area contributed by atoms with Gasteiger partial charge in [0, 0.05) is 55.2 Å². The number of benzene rings is 2. The Bertz CT molecular complexity index is 943. The predicted octanol–water partition coefficient (Wildman–Crippen LogP) is 4.21. The second-order valence-electron chi connectivity index (χ2n) is 6.64. The van der Waals surface area contributed by atoms with Gasteiger partial charge in [-0.15, -0.1) is 0 Å². The standard InChI is InChI=1S/C21H21ClFN5/c22-17-5-3-6-18(14-17)27-10-12-28(13-11-27)21-24-9-8-20(26-21)25-15-16-4-1-2-7-19(16)23/h1-9,14H,10-13,15H2,(H,24,25,26). The molecule has 1 saturated heterocycles. The van der Waals surface area contributed by atoms with Gasteiger partial charge in [-0.25, -0.2) is 9.37 Å². The number of piperazine rings is 1. The third-order valence-corrected chi connectivity index (χ3v) is 5.03. The Kier molecular flexibility index (Phi) is 5.58. The highest BCUT2D eigenvalue weighted by atomic mass is 35.5. The first kappa shape index (κ1) is 18.5. The Hall–Kier alpha value is -2.86. The molecule has 2 aromatic carbocycles. The summed E-state index contributed by atoms with van der Waals surface area (Å²) in [5.41, 5.74) is 1.74. The SMILES string of the molecule is Fc1ccccc1CNc1ccnc(N2CCN(c3cccc(Cl)c3)CC2)n1. The first-order valence-corrected chi connectivity index (χ1v) is 9.62. The van der Waals surface area contributed by atoms with Gasteiger partial charge in [-0.1, -0.05) is 35.9 Å². The van der Waals surface area contributed by atoms with Crippen LogP contribution in [0.5, 0.6) is 0 Å². The average Bonchev–Trinajstić information content (AvgIpc) is 2.73. The summed E-state index contributed by atoms with van der Waals surface area (Å²) in [6.45, 7) is 3.77. The van der Waals surface area contributed by atoms with Crippen molar-refractivity contribution in [1.29, 1.82) is 0 Å². The molecule has 1 aliphatic heterocycles. The molecule has 0 radical (unpaired) electrons. The van der Waals surface area contributed by atoms with Crippen LogP contribution in [0, 0.1) is 5.82 Å². The lowest BCUT2D eigenvalue weighted by Gasteiger charge is -2.36. The summed E-state index contributed by atoms with van der Waals surface area (Å²) in [7, 11) is 0. The van der Waals surface area contributed by atoms with Crippen LogP contribution in [-0.4, -0.2) is 36.1 Å². The van der Waals surface area contributed by atoms with Crippen molar-refractivity contribution in [3.8, 4) is 0 Å². The molecule has 0 bridgehead atoms. The zero-order valence-electron chi connectivity index (χ0n) is 15.4. The molecule has 1 aromatic heterocycles. The van der Waals surface area contributed by atoms with Crippen molar-refractivity contribution in [1.82, 2.24) is 9.97 Å². The third kappa shape index (κ3) is 4.34. The summed E-state index contributed by atoms with van der Waals surface area (Å²) < 4.78 is 13.8. The van der Waals surface area contributed by atoms with Crippen LogP contribution in [-0.2, 0) is 6.54 Å². The Labute approximate surface area is 168 Å².